The van der Waals surface area contributed by atoms with E-state index in [1.165, 1.54) is 0 Å². The first-order chi connectivity index (χ1) is 8.65. The zero-order valence-electron chi connectivity index (χ0n) is 10.7. The maximum Gasteiger partial charge on any atom is 0.0932 e. The van der Waals surface area contributed by atoms with Crippen molar-refractivity contribution in [3.05, 3.63) is 66.1 Å². The molecule has 0 fully saturated rings. The summed E-state index contributed by atoms with van der Waals surface area (Å²) >= 11 is 5.54. The molecule has 1 aliphatic rings. The zero-order valence-corrected chi connectivity index (χ0v) is 11.5. The van der Waals surface area contributed by atoms with Crippen molar-refractivity contribution in [3.63, 3.8) is 0 Å². The highest BCUT2D eigenvalue weighted by Crippen LogP contribution is 2.33. The number of methoxy groups -OCH3 is 1. The summed E-state index contributed by atoms with van der Waals surface area (Å²) in [5, 5.41) is 0. The highest BCUT2D eigenvalue weighted by Gasteiger charge is 2.27. The Bertz CT molecular complexity index is 499. The molecule has 1 aromatic carbocycles. The summed E-state index contributed by atoms with van der Waals surface area (Å²) in [5.41, 5.74) is 3.24. The number of ether oxygens (including phenoxy) is 1. The fourth-order valence-electron chi connectivity index (χ4n) is 2.21. The van der Waals surface area contributed by atoms with Gasteiger partial charge in [0, 0.05) is 17.9 Å². The van der Waals surface area contributed by atoms with Crippen LogP contribution >= 0.6 is 12.2 Å². The van der Waals surface area contributed by atoms with Crippen molar-refractivity contribution in [3.8, 4) is 0 Å². The van der Waals surface area contributed by atoms with Gasteiger partial charge in [-0.3, -0.25) is 0 Å². The van der Waals surface area contributed by atoms with Crippen LogP contribution in [0, 0.1) is 12.8 Å². The van der Waals surface area contributed by atoms with Crippen molar-refractivity contribution in [2.45, 2.75) is 13.0 Å². The second kappa shape index (κ2) is 5.59. The highest BCUT2D eigenvalue weighted by atomic mass is 32.1. The second-order valence-electron chi connectivity index (χ2n) is 4.47. The van der Waals surface area contributed by atoms with Crippen LogP contribution in [0.4, 0.5) is 0 Å². The Morgan fingerprint density at radius 2 is 1.94 bits per heavy atom. The van der Waals surface area contributed by atoms with Gasteiger partial charge in [-0.25, -0.2) is 0 Å². The summed E-state index contributed by atoms with van der Waals surface area (Å²) in [4.78, 5) is 0.929. The van der Waals surface area contributed by atoms with Gasteiger partial charge in [-0.2, -0.15) is 0 Å². The first-order valence-corrected chi connectivity index (χ1v) is 6.39. The largest absolute Gasteiger partial charge is 0.376 e. The van der Waals surface area contributed by atoms with Crippen molar-refractivity contribution >= 4 is 17.1 Å². The zero-order chi connectivity index (χ0) is 13.1. The van der Waals surface area contributed by atoms with Crippen LogP contribution in [0.1, 0.15) is 18.6 Å². The smallest absolute Gasteiger partial charge is 0.0932 e. The van der Waals surface area contributed by atoms with Gasteiger partial charge in [-0.1, -0.05) is 54.7 Å². The second-order valence-corrected chi connectivity index (χ2v) is 4.91. The Balaban J connectivity index is 2.32. The molecule has 0 spiro atoms. The molecule has 93 valence electrons. The molecule has 18 heavy (non-hydrogen) atoms. The van der Waals surface area contributed by atoms with Gasteiger partial charge in [0.25, 0.3) is 0 Å². The third kappa shape index (κ3) is 2.45. The lowest BCUT2D eigenvalue weighted by atomic mass is 9.84. The third-order valence-corrected chi connectivity index (χ3v) is 3.95. The number of thiocarbonyl (C=S) groups is 1. The van der Waals surface area contributed by atoms with E-state index in [0.29, 0.717) is 0 Å². The molecule has 1 aromatic rings. The summed E-state index contributed by atoms with van der Waals surface area (Å²) in [6.07, 6.45) is 4.10. The van der Waals surface area contributed by atoms with E-state index < -0.39 is 0 Å². The SMILES string of the molecule is [CH2]C1=C(C)C(=S)C(C(OC)c2ccccc2)C=C1. The van der Waals surface area contributed by atoms with Gasteiger partial charge in [0.15, 0.2) is 0 Å². The van der Waals surface area contributed by atoms with E-state index in [2.05, 4.69) is 25.1 Å². The van der Waals surface area contributed by atoms with Crippen molar-refractivity contribution < 1.29 is 4.74 Å². The van der Waals surface area contributed by atoms with E-state index in [4.69, 9.17) is 17.0 Å². The lowest BCUT2D eigenvalue weighted by Gasteiger charge is -2.28. The Morgan fingerprint density at radius 3 is 2.56 bits per heavy atom. The molecule has 2 unspecified atom stereocenters. The van der Waals surface area contributed by atoms with Crippen molar-refractivity contribution in [1.82, 2.24) is 0 Å². The van der Waals surface area contributed by atoms with Crippen LogP contribution in [0.25, 0.3) is 0 Å². The van der Waals surface area contributed by atoms with Gasteiger partial charge >= 0.3 is 0 Å². The van der Waals surface area contributed by atoms with E-state index in [1.54, 1.807) is 7.11 Å². The molecule has 0 saturated carbocycles. The molecule has 0 saturated heterocycles. The van der Waals surface area contributed by atoms with Crippen LogP contribution in [-0.4, -0.2) is 12.0 Å². The lowest BCUT2D eigenvalue weighted by molar-refractivity contribution is 0.0885. The summed E-state index contributed by atoms with van der Waals surface area (Å²) in [6, 6.07) is 10.2. The molecular weight excluding hydrogens is 240 g/mol. The van der Waals surface area contributed by atoms with Gasteiger partial charge in [0.05, 0.1) is 6.10 Å². The lowest BCUT2D eigenvalue weighted by Crippen LogP contribution is -2.24. The molecule has 2 heteroatoms. The number of rotatable bonds is 3. The molecule has 2 atom stereocenters. The van der Waals surface area contributed by atoms with Crippen LogP contribution in [0.3, 0.4) is 0 Å². The Morgan fingerprint density at radius 1 is 1.28 bits per heavy atom. The third-order valence-electron chi connectivity index (χ3n) is 3.37. The number of benzene rings is 1. The fourth-order valence-corrected chi connectivity index (χ4v) is 2.54. The molecule has 2 rings (SSSR count). The predicted molar refractivity (Wildman–Crippen MR) is 79.5 cm³/mol. The first-order valence-electron chi connectivity index (χ1n) is 5.98. The van der Waals surface area contributed by atoms with Crippen LogP contribution in [0.5, 0.6) is 0 Å². The Kier molecular flexibility index (Phi) is 4.10. The average Bonchev–Trinajstić information content (AvgIpc) is 2.41. The maximum absolute atomic E-state index is 5.65. The molecule has 0 aromatic heterocycles. The summed E-state index contributed by atoms with van der Waals surface area (Å²) in [5.74, 6) is 0.109. The minimum Gasteiger partial charge on any atom is -0.376 e. The number of allylic oxidation sites excluding steroid dienone is 3. The molecule has 1 radical (unpaired) electrons. The van der Waals surface area contributed by atoms with Crippen LogP contribution < -0.4 is 0 Å². The molecule has 0 bridgehead atoms. The minimum absolute atomic E-state index is 0.0296. The molecule has 0 aliphatic heterocycles. The molecule has 0 heterocycles. The van der Waals surface area contributed by atoms with Gasteiger partial charge in [0.2, 0.25) is 0 Å². The Hall–Kier alpha value is -1.25. The number of hydrogen-bond donors (Lipinski definition) is 0. The quantitative estimate of drug-likeness (QED) is 0.755. The molecular formula is C16H17OS. The summed E-state index contributed by atoms with van der Waals surface area (Å²) in [6.45, 7) is 6.01. The van der Waals surface area contributed by atoms with Crippen molar-refractivity contribution in [1.29, 1.82) is 0 Å². The van der Waals surface area contributed by atoms with E-state index in [9.17, 15) is 0 Å². The van der Waals surface area contributed by atoms with Gasteiger partial charge in [0.1, 0.15) is 0 Å². The molecule has 1 aliphatic carbocycles. The fraction of sp³-hybridized carbons (Fsp3) is 0.250. The molecule has 0 amide bonds. The summed E-state index contributed by atoms with van der Waals surface area (Å²) < 4.78 is 5.65. The minimum atomic E-state index is -0.0296. The first kappa shape index (κ1) is 13.2. The van der Waals surface area contributed by atoms with E-state index in [0.717, 1.165) is 21.6 Å². The molecule has 0 N–H and O–H groups in total. The van der Waals surface area contributed by atoms with E-state index in [1.807, 2.05) is 31.2 Å². The normalized spacial score (nSPS) is 21.3. The van der Waals surface area contributed by atoms with Crippen LogP contribution in [0.2, 0.25) is 0 Å². The van der Waals surface area contributed by atoms with Gasteiger partial charge in [-0.15, -0.1) is 0 Å². The Labute approximate surface area is 114 Å². The maximum atomic E-state index is 5.65. The topological polar surface area (TPSA) is 9.23 Å². The van der Waals surface area contributed by atoms with E-state index in [-0.39, 0.29) is 12.0 Å². The predicted octanol–water partition coefficient (Wildman–Crippen LogP) is 4.08. The van der Waals surface area contributed by atoms with Crippen molar-refractivity contribution in [2.24, 2.45) is 5.92 Å². The molecule has 1 nitrogen and oxygen atoms in total. The monoisotopic (exact) mass is 257 g/mol. The van der Waals surface area contributed by atoms with Gasteiger partial charge < -0.3 is 4.74 Å². The van der Waals surface area contributed by atoms with Gasteiger partial charge in [-0.05, 0) is 30.6 Å². The average molecular weight is 257 g/mol. The van der Waals surface area contributed by atoms with Crippen molar-refractivity contribution in [2.75, 3.05) is 7.11 Å². The van der Waals surface area contributed by atoms with Crippen LogP contribution in [-0.2, 0) is 4.74 Å². The number of hydrogen-bond acceptors (Lipinski definition) is 2. The van der Waals surface area contributed by atoms with Crippen LogP contribution in [0.15, 0.2) is 53.6 Å². The summed E-state index contributed by atoms with van der Waals surface area (Å²) in [7, 11) is 1.73. The highest BCUT2D eigenvalue weighted by molar-refractivity contribution is 7.80. The van der Waals surface area contributed by atoms with E-state index >= 15 is 0 Å². The standard InChI is InChI=1S/C16H17OS/c1-11-9-10-14(16(18)12(11)2)15(17-3)13-7-5-4-6-8-13/h4-10,14-15H,1H2,2-3H3.